The third-order valence-corrected chi connectivity index (χ3v) is 1.08. The zero-order valence-electron chi connectivity index (χ0n) is 5.70. The number of anilines is 1. The molecular weight excluding hydrogens is 166 g/mol. The van der Waals surface area contributed by atoms with Crippen molar-refractivity contribution in [3.05, 3.63) is 29.3 Å². The molecule has 0 spiro atoms. The largest absolute Gasteiger partial charge is 0.483 e. The van der Waals surface area contributed by atoms with Crippen molar-refractivity contribution >= 4 is 23.8 Å². The number of hydrogen-bond donors (Lipinski definition) is 2. The molecule has 0 amide bonds. The highest BCUT2D eigenvalue weighted by molar-refractivity contribution is 6.30. The zero-order valence-corrected chi connectivity index (χ0v) is 6.45. The Kier molecular flexibility index (Phi) is 4.94. The lowest BCUT2D eigenvalue weighted by Crippen LogP contribution is -1.80. The average Bonchev–Trinajstić information content (AvgIpc) is 1.88. The quantitative estimate of drug-likeness (QED) is 0.463. The smallest absolute Gasteiger partial charge is 0.290 e. The Morgan fingerprint density at radius 2 is 2.09 bits per heavy atom. The van der Waals surface area contributed by atoms with Crippen molar-refractivity contribution in [3.8, 4) is 0 Å². The van der Waals surface area contributed by atoms with Crippen LogP contribution in [0.15, 0.2) is 24.3 Å². The van der Waals surface area contributed by atoms with Gasteiger partial charge in [-0.05, 0) is 18.2 Å². The first-order valence-corrected chi connectivity index (χ1v) is 3.17. The maximum atomic E-state index is 8.36. The first-order valence-electron chi connectivity index (χ1n) is 2.79. The van der Waals surface area contributed by atoms with Crippen molar-refractivity contribution in [2.75, 3.05) is 5.73 Å². The minimum Gasteiger partial charge on any atom is -0.483 e. The Balaban J connectivity index is 0.000000292. The summed E-state index contributed by atoms with van der Waals surface area (Å²) in [6, 6.07) is 7.11. The van der Waals surface area contributed by atoms with Crippen molar-refractivity contribution in [3.63, 3.8) is 0 Å². The molecule has 11 heavy (non-hydrogen) atoms. The number of halogens is 1. The number of hydrogen-bond acceptors (Lipinski definition) is 2. The van der Waals surface area contributed by atoms with Crippen molar-refractivity contribution in [2.45, 2.75) is 0 Å². The molecule has 60 valence electrons. The highest BCUT2D eigenvalue weighted by Gasteiger charge is 1.83. The molecule has 1 aromatic carbocycles. The van der Waals surface area contributed by atoms with Gasteiger partial charge in [0.05, 0.1) is 0 Å². The van der Waals surface area contributed by atoms with E-state index in [-0.39, 0.29) is 6.47 Å². The molecule has 0 aliphatic heterocycles. The van der Waals surface area contributed by atoms with Gasteiger partial charge < -0.3 is 10.8 Å². The van der Waals surface area contributed by atoms with Gasteiger partial charge in [-0.1, -0.05) is 17.7 Å². The fraction of sp³-hybridized carbons (Fsp3) is 0. The van der Waals surface area contributed by atoms with Gasteiger partial charge in [0.1, 0.15) is 0 Å². The highest BCUT2D eigenvalue weighted by atomic mass is 35.5. The van der Waals surface area contributed by atoms with Gasteiger partial charge in [0.25, 0.3) is 6.47 Å². The van der Waals surface area contributed by atoms with Gasteiger partial charge in [-0.3, -0.25) is 4.79 Å². The summed E-state index contributed by atoms with van der Waals surface area (Å²) in [5.74, 6) is 0. The Morgan fingerprint density at radius 1 is 1.55 bits per heavy atom. The molecule has 0 radical (unpaired) electrons. The highest BCUT2D eigenvalue weighted by Crippen LogP contribution is 2.10. The van der Waals surface area contributed by atoms with Crippen molar-refractivity contribution in [1.82, 2.24) is 0 Å². The van der Waals surface area contributed by atoms with Crippen LogP contribution in [0.25, 0.3) is 0 Å². The van der Waals surface area contributed by atoms with E-state index in [1.807, 2.05) is 6.07 Å². The van der Waals surface area contributed by atoms with E-state index in [1.54, 1.807) is 18.2 Å². The van der Waals surface area contributed by atoms with Crippen LogP contribution in [-0.4, -0.2) is 11.6 Å². The summed E-state index contributed by atoms with van der Waals surface area (Å²) in [5.41, 5.74) is 6.08. The van der Waals surface area contributed by atoms with E-state index in [1.165, 1.54) is 0 Å². The van der Waals surface area contributed by atoms with Crippen molar-refractivity contribution < 1.29 is 9.90 Å². The van der Waals surface area contributed by atoms with Gasteiger partial charge in [0, 0.05) is 10.7 Å². The summed E-state index contributed by atoms with van der Waals surface area (Å²) >= 11 is 5.56. The van der Waals surface area contributed by atoms with E-state index in [0.29, 0.717) is 10.7 Å². The van der Waals surface area contributed by atoms with Gasteiger partial charge in [0.2, 0.25) is 0 Å². The predicted octanol–water partition coefficient (Wildman–Crippen LogP) is 1.62. The lowest BCUT2D eigenvalue weighted by atomic mass is 10.3. The van der Waals surface area contributed by atoms with Crippen LogP contribution in [0.3, 0.4) is 0 Å². The van der Waals surface area contributed by atoms with Crippen molar-refractivity contribution in [2.24, 2.45) is 0 Å². The molecule has 3 N–H and O–H groups in total. The number of carboxylic acid groups (broad SMARTS) is 1. The van der Waals surface area contributed by atoms with Crippen LogP contribution in [0.4, 0.5) is 5.69 Å². The van der Waals surface area contributed by atoms with Gasteiger partial charge >= 0.3 is 0 Å². The third kappa shape index (κ3) is 5.24. The van der Waals surface area contributed by atoms with E-state index in [2.05, 4.69) is 0 Å². The number of nitrogen functional groups attached to an aromatic ring is 1. The van der Waals surface area contributed by atoms with Gasteiger partial charge in [-0.2, -0.15) is 0 Å². The van der Waals surface area contributed by atoms with E-state index in [4.69, 9.17) is 27.2 Å². The number of nitrogens with two attached hydrogens (primary N) is 1. The maximum absolute atomic E-state index is 8.36. The second-order valence-electron chi connectivity index (χ2n) is 1.66. The van der Waals surface area contributed by atoms with Gasteiger partial charge in [0.15, 0.2) is 0 Å². The number of carbonyl (C=O) groups is 1. The fourth-order valence-electron chi connectivity index (χ4n) is 0.507. The molecule has 0 fully saturated rings. The Labute approximate surface area is 69.4 Å². The second-order valence-corrected chi connectivity index (χ2v) is 2.10. The molecule has 0 aromatic heterocycles. The summed E-state index contributed by atoms with van der Waals surface area (Å²) in [5, 5.41) is 7.57. The number of benzene rings is 1. The molecule has 0 atom stereocenters. The minimum atomic E-state index is -0.250. The summed E-state index contributed by atoms with van der Waals surface area (Å²) in [6.45, 7) is -0.250. The van der Waals surface area contributed by atoms with Gasteiger partial charge in [-0.25, -0.2) is 0 Å². The summed E-state index contributed by atoms with van der Waals surface area (Å²) < 4.78 is 0. The van der Waals surface area contributed by atoms with E-state index < -0.39 is 0 Å². The van der Waals surface area contributed by atoms with E-state index in [9.17, 15) is 0 Å². The molecule has 0 saturated carbocycles. The summed E-state index contributed by atoms with van der Waals surface area (Å²) in [7, 11) is 0. The average molecular weight is 174 g/mol. The van der Waals surface area contributed by atoms with Crippen molar-refractivity contribution in [1.29, 1.82) is 0 Å². The first kappa shape index (κ1) is 9.78. The van der Waals surface area contributed by atoms with E-state index in [0.717, 1.165) is 0 Å². The van der Waals surface area contributed by atoms with Crippen LogP contribution in [0.1, 0.15) is 0 Å². The van der Waals surface area contributed by atoms with Crippen LogP contribution >= 0.6 is 11.6 Å². The third-order valence-electron chi connectivity index (χ3n) is 0.849. The number of rotatable bonds is 0. The summed E-state index contributed by atoms with van der Waals surface area (Å²) in [6.07, 6.45) is 0. The molecule has 0 saturated heterocycles. The maximum Gasteiger partial charge on any atom is 0.290 e. The van der Waals surface area contributed by atoms with Gasteiger partial charge in [-0.15, -0.1) is 0 Å². The lowest BCUT2D eigenvalue weighted by molar-refractivity contribution is -0.122. The molecule has 0 aliphatic carbocycles. The topological polar surface area (TPSA) is 63.3 Å². The van der Waals surface area contributed by atoms with Crippen LogP contribution < -0.4 is 5.73 Å². The molecule has 0 heterocycles. The summed E-state index contributed by atoms with van der Waals surface area (Å²) in [4.78, 5) is 8.36. The Bertz CT molecular complexity index is 210. The molecule has 0 aliphatic rings. The Morgan fingerprint density at radius 3 is 2.36 bits per heavy atom. The Hall–Kier alpha value is -1.22. The zero-order chi connectivity index (χ0) is 8.69. The first-order chi connectivity index (χ1) is 5.20. The van der Waals surface area contributed by atoms with Crippen LogP contribution in [0, 0.1) is 0 Å². The van der Waals surface area contributed by atoms with E-state index >= 15 is 0 Å². The molecule has 4 heteroatoms. The van der Waals surface area contributed by atoms with Crippen LogP contribution in [-0.2, 0) is 4.79 Å². The lowest BCUT2D eigenvalue weighted by Gasteiger charge is -1.89. The van der Waals surface area contributed by atoms with Crippen LogP contribution in [0.5, 0.6) is 0 Å². The monoisotopic (exact) mass is 173 g/mol. The molecule has 0 unspecified atom stereocenters. The standard InChI is InChI=1S/C6H6ClN.CH2O2/c7-5-2-1-3-6(8)4-5;2-1-3/h1-4H,8H2;1H,(H,2,3). The predicted molar refractivity (Wildman–Crippen MR) is 44.6 cm³/mol. The molecule has 1 aromatic rings. The fourth-order valence-corrected chi connectivity index (χ4v) is 0.705. The molecule has 0 bridgehead atoms. The molecule has 3 nitrogen and oxygen atoms in total. The normalized spacial score (nSPS) is 7.73. The molecule has 1 rings (SSSR count). The SMILES string of the molecule is Nc1cccc(Cl)c1.O=CO. The van der Waals surface area contributed by atoms with Crippen LogP contribution in [0.2, 0.25) is 5.02 Å². The minimum absolute atomic E-state index is 0.250. The molecular formula is C7H8ClNO2. The second kappa shape index (κ2) is 5.56.